The second-order valence-corrected chi connectivity index (χ2v) is 9.19. The summed E-state index contributed by atoms with van der Waals surface area (Å²) < 4.78 is 4.56. The molecule has 2 nitrogen and oxygen atoms in total. The van der Waals surface area contributed by atoms with Crippen molar-refractivity contribution < 1.29 is 4.57 Å². The molecule has 0 atom stereocenters. The number of nitrogens with zero attached hydrogens (tertiary/aromatic N) is 2. The number of benzene rings is 1. The van der Waals surface area contributed by atoms with Gasteiger partial charge >= 0.3 is 0 Å². The average molecular weight is 380 g/mol. The molecule has 2 aromatic rings. The van der Waals surface area contributed by atoms with Crippen LogP contribution in [0.3, 0.4) is 0 Å². The SMILES string of the molecule is C=C(/C(=C(\C)C(C)C)[n+]1ccn(-c2c(C(C)C)cccc2C(C)C)c1)C(C)C. The molecule has 0 aliphatic rings. The minimum atomic E-state index is 0.411. The molecule has 0 fully saturated rings. The first-order valence-corrected chi connectivity index (χ1v) is 10.7. The Labute approximate surface area is 172 Å². The van der Waals surface area contributed by atoms with E-state index in [1.807, 2.05) is 0 Å². The van der Waals surface area contributed by atoms with Crippen LogP contribution in [0.15, 0.2) is 54.6 Å². The van der Waals surface area contributed by atoms with Gasteiger partial charge in [0.05, 0.1) is 0 Å². The van der Waals surface area contributed by atoms with Gasteiger partial charge < -0.3 is 0 Å². The van der Waals surface area contributed by atoms with Crippen LogP contribution in [-0.4, -0.2) is 4.57 Å². The molecule has 0 spiro atoms. The monoisotopic (exact) mass is 379 g/mol. The first-order chi connectivity index (χ1) is 13.1. The van der Waals surface area contributed by atoms with Crippen molar-refractivity contribution in [3.05, 3.63) is 65.8 Å². The first kappa shape index (κ1) is 22.2. The first-order valence-electron chi connectivity index (χ1n) is 10.7. The number of aromatic nitrogens is 2. The molecule has 152 valence electrons. The second-order valence-electron chi connectivity index (χ2n) is 9.19. The molecule has 0 aliphatic heterocycles. The van der Waals surface area contributed by atoms with E-state index >= 15 is 0 Å². The molecule has 0 bridgehead atoms. The van der Waals surface area contributed by atoms with E-state index in [4.69, 9.17) is 0 Å². The van der Waals surface area contributed by atoms with Crippen LogP contribution < -0.4 is 4.57 Å². The Balaban J connectivity index is 2.69. The number of hydrogen-bond donors (Lipinski definition) is 0. The highest BCUT2D eigenvalue weighted by molar-refractivity contribution is 5.59. The van der Waals surface area contributed by atoms with E-state index in [9.17, 15) is 0 Å². The Morgan fingerprint density at radius 3 is 1.86 bits per heavy atom. The van der Waals surface area contributed by atoms with Crippen molar-refractivity contribution in [2.24, 2.45) is 11.8 Å². The lowest BCUT2D eigenvalue weighted by atomic mass is 9.92. The van der Waals surface area contributed by atoms with Gasteiger partial charge in [-0.2, -0.15) is 0 Å². The van der Waals surface area contributed by atoms with Crippen molar-refractivity contribution in [3.63, 3.8) is 0 Å². The van der Waals surface area contributed by atoms with Gasteiger partial charge in [0.25, 0.3) is 6.33 Å². The molecule has 0 saturated carbocycles. The topological polar surface area (TPSA) is 8.81 Å². The van der Waals surface area contributed by atoms with Crippen molar-refractivity contribution in [1.82, 2.24) is 4.57 Å². The van der Waals surface area contributed by atoms with E-state index in [0.29, 0.717) is 23.7 Å². The van der Waals surface area contributed by atoms with Gasteiger partial charge in [0.15, 0.2) is 0 Å². The summed E-state index contributed by atoms with van der Waals surface area (Å²) in [6.45, 7) is 24.7. The number of imidazole rings is 1. The summed E-state index contributed by atoms with van der Waals surface area (Å²) in [6.07, 6.45) is 6.59. The fraction of sp³-hybridized carbons (Fsp3) is 0.500. The van der Waals surface area contributed by atoms with Crippen molar-refractivity contribution >= 4 is 5.70 Å². The van der Waals surface area contributed by atoms with Crippen LogP contribution >= 0.6 is 0 Å². The summed E-state index contributed by atoms with van der Waals surface area (Å²) in [5.41, 5.74) is 7.92. The van der Waals surface area contributed by atoms with Crippen LogP contribution in [0.4, 0.5) is 0 Å². The van der Waals surface area contributed by atoms with E-state index in [-0.39, 0.29) is 0 Å². The van der Waals surface area contributed by atoms with Crippen LogP contribution in [0.25, 0.3) is 11.4 Å². The zero-order chi connectivity index (χ0) is 21.2. The van der Waals surface area contributed by atoms with Crippen molar-refractivity contribution in [2.75, 3.05) is 0 Å². The molecule has 2 rings (SSSR count). The summed E-state index contributed by atoms with van der Waals surface area (Å²) >= 11 is 0. The van der Waals surface area contributed by atoms with Gasteiger partial charge in [0.2, 0.25) is 0 Å². The van der Waals surface area contributed by atoms with E-state index in [1.54, 1.807) is 0 Å². The molecule has 1 heterocycles. The quantitative estimate of drug-likeness (QED) is 0.358. The summed E-state index contributed by atoms with van der Waals surface area (Å²) in [5.74, 6) is 1.84. The van der Waals surface area contributed by atoms with E-state index in [1.165, 1.54) is 33.7 Å². The maximum atomic E-state index is 4.42. The van der Waals surface area contributed by atoms with Gasteiger partial charge in [-0.15, -0.1) is 0 Å². The number of allylic oxidation sites excluding steroid dienone is 3. The molecule has 0 N–H and O–H groups in total. The highest BCUT2D eigenvalue weighted by atomic mass is 15.1. The van der Waals surface area contributed by atoms with Gasteiger partial charge in [0, 0.05) is 11.1 Å². The molecular weight excluding hydrogens is 340 g/mol. The third kappa shape index (κ3) is 4.48. The predicted molar refractivity (Wildman–Crippen MR) is 122 cm³/mol. The molecular formula is C26H39N2+. The minimum absolute atomic E-state index is 0.411. The fourth-order valence-electron chi connectivity index (χ4n) is 3.60. The molecule has 0 saturated heterocycles. The lowest BCUT2D eigenvalue weighted by Gasteiger charge is -2.17. The van der Waals surface area contributed by atoms with E-state index in [2.05, 4.69) is 115 Å². The highest BCUT2D eigenvalue weighted by Gasteiger charge is 2.23. The molecule has 1 aromatic carbocycles. The summed E-state index contributed by atoms with van der Waals surface area (Å²) in [5, 5.41) is 0. The van der Waals surface area contributed by atoms with Crippen LogP contribution in [0.5, 0.6) is 0 Å². The largest absolute Gasteiger partial charge is 0.254 e. The summed E-state index contributed by atoms with van der Waals surface area (Å²) in [6, 6.07) is 6.72. The smallest absolute Gasteiger partial charge is 0.202 e. The minimum Gasteiger partial charge on any atom is -0.202 e. The molecule has 0 amide bonds. The van der Waals surface area contributed by atoms with Gasteiger partial charge in [-0.05, 0) is 41.7 Å². The molecule has 0 radical (unpaired) electrons. The van der Waals surface area contributed by atoms with Gasteiger partial charge in [-0.1, -0.05) is 80.2 Å². The number of rotatable bonds is 7. The molecule has 28 heavy (non-hydrogen) atoms. The predicted octanol–water partition coefficient (Wildman–Crippen LogP) is 7.11. The Morgan fingerprint density at radius 2 is 1.43 bits per heavy atom. The standard InChI is InChI=1S/C26H39N2/c1-17(2)21(9)25(22(10)18(3)4)27-14-15-28(16-27)26-23(19(5)6)12-11-13-24(26)20(7)8/h11-20H,9H2,1-8,10H3/q+1/b25-22-. The average Bonchev–Trinajstić information content (AvgIpc) is 3.09. The van der Waals surface area contributed by atoms with E-state index < -0.39 is 0 Å². The van der Waals surface area contributed by atoms with Crippen molar-refractivity contribution in [1.29, 1.82) is 0 Å². The zero-order valence-corrected chi connectivity index (χ0v) is 19.4. The van der Waals surface area contributed by atoms with Crippen LogP contribution in [0.1, 0.15) is 85.3 Å². The van der Waals surface area contributed by atoms with Gasteiger partial charge in [-0.25, -0.2) is 9.13 Å². The van der Waals surface area contributed by atoms with E-state index in [0.717, 1.165) is 0 Å². The molecule has 1 aromatic heterocycles. The number of para-hydroxylation sites is 1. The Kier molecular flexibility index (Phi) is 7.09. The summed E-state index contributed by atoms with van der Waals surface area (Å²) in [4.78, 5) is 0. The Bertz CT molecular complexity index is 834. The molecule has 0 aliphatic carbocycles. The maximum absolute atomic E-state index is 4.42. The van der Waals surface area contributed by atoms with Gasteiger partial charge in [0.1, 0.15) is 23.8 Å². The fourth-order valence-corrected chi connectivity index (χ4v) is 3.60. The Hall–Kier alpha value is -2.09. The van der Waals surface area contributed by atoms with Crippen molar-refractivity contribution in [2.45, 2.75) is 74.1 Å². The zero-order valence-electron chi connectivity index (χ0n) is 19.4. The maximum Gasteiger partial charge on any atom is 0.254 e. The van der Waals surface area contributed by atoms with Crippen LogP contribution in [0, 0.1) is 11.8 Å². The lowest BCUT2D eigenvalue weighted by molar-refractivity contribution is -0.579. The second kappa shape index (κ2) is 8.94. The van der Waals surface area contributed by atoms with Crippen LogP contribution in [0.2, 0.25) is 0 Å². The van der Waals surface area contributed by atoms with Crippen LogP contribution in [-0.2, 0) is 0 Å². The Morgan fingerprint density at radius 1 is 0.893 bits per heavy atom. The highest BCUT2D eigenvalue weighted by Crippen LogP contribution is 2.31. The number of hydrogen-bond acceptors (Lipinski definition) is 0. The van der Waals surface area contributed by atoms with Crippen molar-refractivity contribution in [3.8, 4) is 5.69 Å². The molecule has 2 heteroatoms. The summed E-state index contributed by atoms with van der Waals surface area (Å²) in [7, 11) is 0. The third-order valence-electron chi connectivity index (χ3n) is 5.74. The van der Waals surface area contributed by atoms with Gasteiger partial charge in [-0.3, -0.25) is 0 Å². The third-order valence-corrected chi connectivity index (χ3v) is 5.74. The normalized spacial score (nSPS) is 13.0. The molecule has 0 unspecified atom stereocenters. The lowest BCUT2D eigenvalue weighted by Crippen LogP contribution is -2.33.